The highest BCUT2D eigenvalue weighted by molar-refractivity contribution is 9.10. The van der Waals surface area contributed by atoms with Gasteiger partial charge in [0.15, 0.2) is 0 Å². The molecule has 106 valence electrons. The van der Waals surface area contributed by atoms with Gasteiger partial charge in [-0.3, -0.25) is 0 Å². The second kappa shape index (κ2) is 6.17. The first-order valence-electron chi connectivity index (χ1n) is 5.64. The molecule has 0 aliphatic heterocycles. The first kappa shape index (κ1) is 15.4. The van der Waals surface area contributed by atoms with E-state index < -0.39 is 10.0 Å². The summed E-state index contributed by atoms with van der Waals surface area (Å²) in [5.41, 5.74) is 0.853. The summed E-state index contributed by atoms with van der Waals surface area (Å²) in [5.74, 6) is 0. The molecule has 0 unspecified atom stereocenters. The summed E-state index contributed by atoms with van der Waals surface area (Å²) in [6.07, 6.45) is 2.35. The molecule has 1 heterocycles. The molecule has 0 aliphatic rings. The summed E-state index contributed by atoms with van der Waals surface area (Å²) in [6, 6.07) is 7.02. The minimum atomic E-state index is -3.68. The molecule has 0 aliphatic carbocycles. The predicted molar refractivity (Wildman–Crippen MR) is 79.9 cm³/mol. The second-order valence-electron chi connectivity index (χ2n) is 4.08. The molecule has 0 fully saturated rings. The van der Waals surface area contributed by atoms with Crippen LogP contribution in [0.4, 0.5) is 0 Å². The molecule has 0 amide bonds. The van der Waals surface area contributed by atoms with Crippen molar-refractivity contribution in [3.63, 3.8) is 0 Å². The molecule has 0 saturated heterocycles. The lowest BCUT2D eigenvalue weighted by Crippen LogP contribution is -2.27. The maximum absolute atomic E-state index is 12.2. The summed E-state index contributed by atoms with van der Waals surface area (Å²) in [7, 11) is -3.68. The quantitative estimate of drug-likeness (QED) is 0.833. The summed E-state index contributed by atoms with van der Waals surface area (Å²) in [5, 5.41) is 0.00454. The van der Waals surface area contributed by atoms with Crippen LogP contribution in [0.15, 0.2) is 46.0 Å². The zero-order valence-electron chi connectivity index (χ0n) is 10.4. The molecule has 1 aromatic carbocycles. The minimum absolute atomic E-state index is 0.00454. The van der Waals surface area contributed by atoms with Crippen LogP contribution in [0.1, 0.15) is 18.5 Å². The number of halogens is 2. The van der Waals surface area contributed by atoms with E-state index in [1.807, 2.05) is 24.3 Å². The van der Waals surface area contributed by atoms with Crippen LogP contribution >= 0.6 is 27.5 Å². The van der Waals surface area contributed by atoms with Crippen LogP contribution in [0.25, 0.3) is 0 Å². The molecule has 8 heteroatoms. The molecule has 5 nitrogen and oxygen atoms in total. The van der Waals surface area contributed by atoms with Crippen molar-refractivity contribution in [1.29, 1.82) is 0 Å². The fraction of sp³-hybridized carbons (Fsp3) is 0.167. The van der Waals surface area contributed by atoms with Crippen LogP contribution < -0.4 is 4.72 Å². The van der Waals surface area contributed by atoms with E-state index in [0.717, 1.165) is 10.0 Å². The smallest absolute Gasteiger partial charge is 0.225 e. The van der Waals surface area contributed by atoms with E-state index in [1.54, 1.807) is 6.92 Å². The van der Waals surface area contributed by atoms with Crippen molar-refractivity contribution in [1.82, 2.24) is 14.7 Å². The third kappa shape index (κ3) is 3.76. The standard InChI is InChI=1S/C12H11BrClN3O2S/c1-8(9-2-4-10(13)5-3-9)17-20(18,19)11-6-15-12(14)16-7-11/h2-8,17H,1H3/t8-/m1/s1. The lowest BCUT2D eigenvalue weighted by molar-refractivity contribution is 0.566. The highest BCUT2D eigenvalue weighted by Crippen LogP contribution is 2.19. The number of rotatable bonds is 4. The van der Waals surface area contributed by atoms with Gasteiger partial charge in [0.2, 0.25) is 15.3 Å². The van der Waals surface area contributed by atoms with E-state index in [1.165, 1.54) is 12.4 Å². The van der Waals surface area contributed by atoms with Crippen LogP contribution in [-0.2, 0) is 10.0 Å². The number of sulfonamides is 1. The average Bonchev–Trinajstić information content (AvgIpc) is 2.39. The molecule has 1 atom stereocenters. The van der Waals surface area contributed by atoms with Crippen molar-refractivity contribution in [2.75, 3.05) is 0 Å². The SMILES string of the molecule is C[C@@H](NS(=O)(=O)c1cnc(Cl)nc1)c1ccc(Br)cc1. The van der Waals surface area contributed by atoms with Gasteiger partial charge in [0.05, 0.1) is 12.4 Å². The van der Waals surface area contributed by atoms with E-state index in [9.17, 15) is 8.42 Å². The Morgan fingerprint density at radius 1 is 1.20 bits per heavy atom. The van der Waals surface area contributed by atoms with Gasteiger partial charge in [-0.1, -0.05) is 28.1 Å². The fourth-order valence-electron chi connectivity index (χ4n) is 1.56. The van der Waals surface area contributed by atoms with Crippen molar-refractivity contribution in [3.05, 3.63) is 52.0 Å². The Hall–Kier alpha value is -1.02. The number of aromatic nitrogens is 2. The van der Waals surface area contributed by atoms with Crippen LogP contribution in [0.2, 0.25) is 5.28 Å². The van der Waals surface area contributed by atoms with Gasteiger partial charge in [0, 0.05) is 10.5 Å². The highest BCUT2D eigenvalue weighted by Gasteiger charge is 2.19. The monoisotopic (exact) mass is 375 g/mol. The van der Waals surface area contributed by atoms with Crippen LogP contribution in [0.3, 0.4) is 0 Å². The molecule has 2 rings (SSSR count). The van der Waals surface area contributed by atoms with Gasteiger partial charge >= 0.3 is 0 Å². The van der Waals surface area contributed by atoms with E-state index in [0.29, 0.717) is 0 Å². The van der Waals surface area contributed by atoms with Gasteiger partial charge in [0.25, 0.3) is 0 Å². The Morgan fingerprint density at radius 2 is 1.75 bits per heavy atom. The van der Waals surface area contributed by atoms with E-state index in [4.69, 9.17) is 11.6 Å². The number of hydrogen-bond donors (Lipinski definition) is 1. The Bertz CT molecular complexity index is 690. The number of nitrogens with zero attached hydrogens (tertiary/aromatic N) is 2. The molecule has 0 saturated carbocycles. The molecule has 2 aromatic rings. The van der Waals surface area contributed by atoms with Crippen molar-refractivity contribution in [2.24, 2.45) is 0 Å². The molecule has 1 aromatic heterocycles. The third-order valence-electron chi connectivity index (χ3n) is 2.61. The Balaban J connectivity index is 2.19. The average molecular weight is 377 g/mol. The fourth-order valence-corrected chi connectivity index (χ4v) is 3.04. The van der Waals surface area contributed by atoms with E-state index in [2.05, 4.69) is 30.6 Å². The first-order chi connectivity index (χ1) is 9.38. The largest absolute Gasteiger partial charge is 0.244 e. The van der Waals surface area contributed by atoms with E-state index in [-0.39, 0.29) is 16.2 Å². The zero-order chi connectivity index (χ0) is 14.8. The van der Waals surface area contributed by atoms with Crippen molar-refractivity contribution >= 4 is 37.6 Å². The lowest BCUT2D eigenvalue weighted by Gasteiger charge is -2.14. The topological polar surface area (TPSA) is 72.0 Å². The van der Waals surface area contributed by atoms with Gasteiger partial charge in [0.1, 0.15) is 4.90 Å². The highest BCUT2D eigenvalue weighted by atomic mass is 79.9. The van der Waals surface area contributed by atoms with Gasteiger partial charge in [-0.2, -0.15) is 0 Å². The Morgan fingerprint density at radius 3 is 2.30 bits per heavy atom. The zero-order valence-corrected chi connectivity index (χ0v) is 13.6. The summed E-state index contributed by atoms with van der Waals surface area (Å²) < 4.78 is 27.8. The molecular formula is C12H11BrClN3O2S. The Kier molecular flexibility index (Phi) is 4.74. The van der Waals surface area contributed by atoms with Gasteiger partial charge in [-0.05, 0) is 36.2 Å². The van der Waals surface area contributed by atoms with Crippen molar-refractivity contribution in [3.8, 4) is 0 Å². The minimum Gasteiger partial charge on any atom is -0.225 e. The third-order valence-corrected chi connectivity index (χ3v) is 4.83. The maximum atomic E-state index is 12.2. The normalized spacial score (nSPS) is 13.2. The van der Waals surface area contributed by atoms with Crippen LogP contribution in [0.5, 0.6) is 0 Å². The number of hydrogen-bond acceptors (Lipinski definition) is 4. The number of nitrogens with one attached hydrogen (secondary N) is 1. The van der Waals surface area contributed by atoms with Crippen molar-refractivity contribution < 1.29 is 8.42 Å². The summed E-state index contributed by atoms with van der Waals surface area (Å²) in [6.45, 7) is 1.76. The summed E-state index contributed by atoms with van der Waals surface area (Å²) in [4.78, 5) is 7.31. The second-order valence-corrected chi connectivity index (χ2v) is 7.05. The first-order valence-corrected chi connectivity index (χ1v) is 8.29. The molecular weight excluding hydrogens is 366 g/mol. The lowest BCUT2D eigenvalue weighted by atomic mass is 10.1. The van der Waals surface area contributed by atoms with Gasteiger partial charge in [-0.25, -0.2) is 23.1 Å². The molecule has 1 N–H and O–H groups in total. The molecule has 20 heavy (non-hydrogen) atoms. The number of benzene rings is 1. The van der Waals surface area contributed by atoms with Gasteiger partial charge in [-0.15, -0.1) is 0 Å². The molecule has 0 bridgehead atoms. The predicted octanol–water partition coefficient (Wildman–Crippen LogP) is 2.93. The molecule has 0 spiro atoms. The van der Waals surface area contributed by atoms with Gasteiger partial charge < -0.3 is 0 Å². The van der Waals surface area contributed by atoms with Crippen molar-refractivity contribution in [2.45, 2.75) is 17.9 Å². The summed E-state index contributed by atoms with van der Waals surface area (Å²) >= 11 is 8.87. The van der Waals surface area contributed by atoms with Crippen LogP contribution in [0, 0.1) is 0 Å². The molecule has 0 radical (unpaired) electrons. The van der Waals surface area contributed by atoms with Crippen LogP contribution in [-0.4, -0.2) is 18.4 Å². The van der Waals surface area contributed by atoms with E-state index >= 15 is 0 Å². The maximum Gasteiger partial charge on any atom is 0.244 e. The Labute approximate surface area is 130 Å².